The van der Waals surface area contributed by atoms with E-state index in [0.29, 0.717) is 10.0 Å². The van der Waals surface area contributed by atoms with E-state index in [1.54, 1.807) is 14.1 Å². The molecule has 0 N–H and O–H groups in total. The number of halogens is 4. The van der Waals surface area contributed by atoms with E-state index < -0.39 is 11.8 Å². The third-order valence-corrected chi connectivity index (χ3v) is 4.20. The van der Waals surface area contributed by atoms with Crippen molar-refractivity contribution in [2.24, 2.45) is 0 Å². The second-order valence-electron chi connectivity index (χ2n) is 5.02. The number of carbonyl (C=O) groups is 2. The summed E-state index contributed by atoms with van der Waals surface area (Å²) in [6, 6.07) is 8.83. The van der Waals surface area contributed by atoms with Crippen molar-refractivity contribution in [3.05, 3.63) is 67.6 Å². The van der Waals surface area contributed by atoms with Gasteiger partial charge in [0.25, 0.3) is 11.8 Å². The van der Waals surface area contributed by atoms with Crippen LogP contribution in [-0.4, -0.2) is 35.9 Å². The molecule has 0 saturated carbocycles. The summed E-state index contributed by atoms with van der Waals surface area (Å²) in [6.07, 6.45) is 0. The molecule has 0 aliphatic heterocycles. The minimum atomic E-state index is -0.599. The van der Waals surface area contributed by atoms with Gasteiger partial charge in [-0.05, 0) is 36.4 Å². The van der Waals surface area contributed by atoms with Crippen LogP contribution in [0.1, 0.15) is 20.7 Å². The summed E-state index contributed by atoms with van der Waals surface area (Å²) in [4.78, 5) is 25.6. The van der Waals surface area contributed by atoms with Crippen molar-refractivity contribution in [3.63, 3.8) is 0 Å². The van der Waals surface area contributed by atoms with Crippen molar-refractivity contribution in [3.8, 4) is 0 Å². The molecule has 0 fully saturated rings. The van der Waals surface area contributed by atoms with Crippen molar-refractivity contribution < 1.29 is 9.59 Å². The topological polar surface area (TPSA) is 40.6 Å². The third-order valence-electron chi connectivity index (χ3n) is 3.11. The third kappa shape index (κ3) is 4.02. The highest BCUT2D eigenvalue weighted by Gasteiger charge is 2.29. The van der Waals surface area contributed by atoms with Gasteiger partial charge in [-0.3, -0.25) is 9.59 Å². The summed E-state index contributed by atoms with van der Waals surface area (Å²) in [6.45, 7) is 0. The Labute approximate surface area is 159 Å². The molecule has 0 aliphatic rings. The normalized spacial score (nSPS) is 10.8. The van der Waals surface area contributed by atoms with Crippen LogP contribution in [0.5, 0.6) is 0 Å². The second kappa shape index (κ2) is 7.72. The fraction of sp³-hybridized carbons (Fsp3) is 0.125. The minimum Gasteiger partial charge on any atom is -0.267 e. The molecule has 0 radical (unpaired) electrons. The Morgan fingerprint density at radius 3 is 1.42 bits per heavy atom. The molecule has 0 bridgehead atoms. The summed E-state index contributed by atoms with van der Waals surface area (Å²) in [7, 11) is 3.12. The largest absolute Gasteiger partial charge is 0.277 e. The van der Waals surface area contributed by atoms with Gasteiger partial charge in [-0.15, -0.1) is 0 Å². The van der Waals surface area contributed by atoms with E-state index in [0.717, 1.165) is 5.01 Å². The summed E-state index contributed by atoms with van der Waals surface area (Å²) in [5.41, 5.74) is 0.293. The number of imide groups is 1. The summed E-state index contributed by atoms with van der Waals surface area (Å²) >= 11 is 23.8. The highest BCUT2D eigenvalue weighted by Crippen LogP contribution is 2.26. The number of rotatable bonds is 3. The predicted octanol–water partition coefficient (Wildman–Crippen LogP) is 5.06. The van der Waals surface area contributed by atoms with E-state index in [1.807, 2.05) is 0 Å². The molecule has 0 aliphatic carbocycles. The van der Waals surface area contributed by atoms with Crippen LogP contribution < -0.4 is 0 Å². The van der Waals surface area contributed by atoms with Crippen LogP contribution in [-0.2, 0) is 0 Å². The monoisotopic (exact) mass is 404 g/mol. The Kier molecular flexibility index (Phi) is 6.12. The molecule has 2 rings (SSSR count). The average molecular weight is 406 g/mol. The number of hydrogen-bond acceptors (Lipinski definition) is 3. The number of carbonyl (C=O) groups excluding carboxylic acids is 2. The van der Waals surface area contributed by atoms with Gasteiger partial charge in [0.15, 0.2) is 0 Å². The van der Waals surface area contributed by atoms with Gasteiger partial charge in [-0.2, -0.15) is 0 Å². The first-order valence-electron chi connectivity index (χ1n) is 6.68. The molecule has 0 unspecified atom stereocenters. The Morgan fingerprint density at radius 2 is 1.12 bits per heavy atom. The van der Waals surface area contributed by atoms with Gasteiger partial charge in [0, 0.05) is 24.1 Å². The number of hydrazine groups is 1. The van der Waals surface area contributed by atoms with Gasteiger partial charge in [0.05, 0.1) is 21.2 Å². The molecule has 4 nitrogen and oxygen atoms in total. The van der Waals surface area contributed by atoms with E-state index in [2.05, 4.69) is 0 Å². The van der Waals surface area contributed by atoms with E-state index in [9.17, 15) is 9.59 Å². The van der Waals surface area contributed by atoms with E-state index in [1.165, 1.54) is 41.4 Å². The minimum absolute atomic E-state index is 0.146. The SMILES string of the molecule is CN(C)N(C(=O)c1ccc(Cl)cc1Cl)C(=O)c1ccc(Cl)cc1Cl. The molecule has 0 saturated heterocycles. The van der Waals surface area contributed by atoms with Crippen molar-refractivity contribution >= 4 is 58.2 Å². The number of nitrogens with zero attached hydrogens (tertiary/aromatic N) is 2. The highest BCUT2D eigenvalue weighted by atomic mass is 35.5. The molecule has 2 aromatic carbocycles. The molecule has 8 heteroatoms. The van der Waals surface area contributed by atoms with Crippen LogP contribution in [0.25, 0.3) is 0 Å². The lowest BCUT2D eigenvalue weighted by atomic mass is 10.1. The number of amides is 2. The van der Waals surface area contributed by atoms with E-state index >= 15 is 0 Å². The molecule has 0 aromatic heterocycles. The van der Waals surface area contributed by atoms with Crippen molar-refractivity contribution in [2.45, 2.75) is 0 Å². The van der Waals surface area contributed by atoms with E-state index in [4.69, 9.17) is 46.4 Å². The molecular weight excluding hydrogens is 394 g/mol. The summed E-state index contributed by atoms with van der Waals surface area (Å²) in [5, 5.41) is 3.36. The Bertz CT molecular complexity index is 745. The molecule has 2 aromatic rings. The van der Waals surface area contributed by atoms with Gasteiger partial charge in [0.1, 0.15) is 0 Å². The van der Waals surface area contributed by atoms with Gasteiger partial charge in [-0.25, -0.2) is 10.0 Å². The summed E-state index contributed by atoms with van der Waals surface area (Å²) in [5.74, 6) is -1.20. The zero-order valence-corrected chi connectivity index (χ0v) is 15.7. The predicted molar refractivity (Wildman–Crippen MR) is 97.1 cm³/mol. The standard InChI is InChI=1S/C16H12Cl4N2O2/c1-21(2)22(15(23)11-5-3-9(17)7-13(11)19)16(24)12-6-4-10(18)8-14(12)20/h3-8H,1-2H3. The van der Waals surface area contributed by atoms with Crippen LogP contribution in [0.2, 0.25) is 20.1 Å². The zero-order valence-electron chi connectivity index (χ0n) is 12.7. The second-order valence-corrected chi connectivity index (χ2v) is 6.70. The first-order chi connectivity index (χ1) is 11.2. The lowest BCUT2D eigenvalue weighted by Gasteiger charge is -2.27. The van der Waals surface area contributed by atoms with Crippen LogP contribution in [0.15, 0.2) is 36.4 Å². The average Bonchev–Trinajstić information content (AvgIpc) is 2.46. The lowest BCUT2D eigenvalue weighted by Crippen LogP contribution is -2.46. The molecule has 2 amide bonds. The maximum Gasteiger partial charge on any atom is 0.277 e. The fourth-order valence-corrected chi connectivity index (χ4v) is 2.99. The van der Waals surface area contributed by atoms with Crippen molar-refractivity contribution in [1.29, 1.82) is 0 Å². The van der Waals surface area contributed by atoms with E-state index in [-0.39, 0.29) is 21.2 Å². The quantitative estimate of drug-likeness (QED) is 0.529. The Morgan fingerprint density at radius 1 is 0.750 bits per heavy atom. The van der Waals surface area contributed by atoms with Crippen LogP contribution in [0, 0.1) is 0 Å². The lowest BCUT2D eigenvalue weighted by molar-refractivity contribution is 0.0190. The molecule has 24 heavy (non-hydrogen) atoms. The Hall–Kier alpha value is -1.30. The zero-order chi connectivity index (χ0) is 18.0. The van der Waals surface area contributed by atoms with Crippen LogP contribution in [0.3, 0.4) is 0 Å². The maximum absolute atomic E-state index is 12.8. The molecule has 0 spiro atoms. The fourth-order valence-electron chi connectivity index (χ4n) is 2.01. The summed E-state index contributed by atoms with van der Waals surface area (Å²) < 4.78 is 0. The number of benzene rings is 2. The molecular formula is C16H12Cl4N2O2. The molecule has 0 heterocycles. The first kappa shape index (κ1) is 19.0. The maximum atomic E-state index is 12.8. The van der Waals surface area contributed by atoms with Crippen LogP contribution in [0.4, 0.5) is 0 Å². The Balaban J connectivity index is 2.45. The molecule has 0 atom stereocenters. The van der Waals surface area contributed by atoms with Gasteiger partial charge < -0.3 is 0 Å². The first-order valence-corrected chi connectivity index (χ1v) is 8.19. The number of hydrogen-bond donors (Lipinski definition) is 0. The van der Waals surface area contributed by atoms with Crippen molar-refractivity contribution in [2.75, 3.05) is 14.1 Å². The van der Waals surface area contributed by atoms with Gasteiger partial charge in [-0.1, -0.05) is 46.4 Å². The highest BCUT2D eigenvalue weighted by molar-refractivity contribution is 6.38. The van der Waals surface area contributed by atoms with Crippen LogP contribution >= 0.6 is 46.4 Å². The smallest absolute Gasteiger partial charge is 0.267 e. The van der Waals surface area contributed by atoms with Gasteiger partial charge >= 0.3 is 0 Å². The molecule has 126 valence electrons. The van der Waals surface area contributed by atoms with Gasteiger partial charge in [0.2, 0.25) is 0 Å². The van der Waals surface area contributed by atoms with Crippen molar-refractivity contribution in [1.82, 2.24) is 10.0 Å².